The summed E-state index contributed by atoms with van der Waals surface area (Å²) >= 11 is 0. The zero-order chi connectivity index (χ0) is 35.2. The fourth-order valence-corrected chi connectivity index (χ4v) is 6.13. The van der Waals surface area contributed by atoms with Gasteiger partial charge in [0.25, 0.3) is 0 Å². The second-order valence-corrected chi connectivity index (χ2v) is 13.9. The minimum absolute atomic E-state index is 0.0708. The number of carbonyl (C=O) groups is 1. The van der Waals surface area contributed by atoms with E-state index in [1.54, 1.807) is 0 Å². The highest BCUT2D eigenvalue weighted by Gasteiger charge is 2.48. The predicted molar refractivity (Wildman–Crippen MR) is 204 cm³/mol. The molecule has 0 saturated carbocycles. The van der Waals surface area contributed by atoms with Crippen LogP contribution in [0, 0.1) is 41.5 Å². The minimum atomic E-state index is -0.880. The van der Waals surface area contributed by atoms with Crippen molar-refractivity contribution in [3.8, 4) is 0 Å². The van der Waals surface area contributed by atoms with Crippen LogP contribution in [0.25, 0.3) is 0 Å². The Hall–Kier alpha value is -5.21. The Kier molecular flexibility index (Phi) is 10.7. The van der Waals surface area contributed by atoms with E-state index in [9.17, 15) is 4.79 Å². The summed E-state index contributed by atoms with van der Waals surface area (Å²) in [4.78, 5) is 12.5. The zero-order valence-corrected chi connectivity index (χ0v) is 30.2. The Morgan fingerprint density at radius 1 is 0.429 bits per heavy atom. The molecule has 0 unspecified atom stereocenters. The molecule has 0 radical (unpaired) electrons. The summed E-state index contributed by atoms with van der Waals surface area (Å²) in [5.41, 5.74) is 13.0. The van der Waals surface area contributed by atoms with E-state index >= 15 is 0 Å². The SMILES string of the molecule is Cc1ccc(C(C)(C)c2ccc(C)cc2)cc1.Cc1ccc(C)cc1.Cc1ccc(C2(c3ccc(C)cc3)OC(=O)c3ccccc32)cc1. The van der Waals surface area contributed by atoms with Gasteiger partial charge in [-0.3, -0.25) is 0 Å². The molecule has 1 aliphatic heterocycles. The highest BCUT2D eigenvalue weighted by molar-refractivity contribution is 5.96. The highest BCUT2D eigenvalue weighted by Crippen LogP contribution is 2.47. The van der Waals surface area contributed by atoms with Crippen molar-refractivity contribution in [2.45, 2.75) is 66.4 Å². The molecule has 6 aromatic carbocycles. The first-order valence-electron chi connectivity index (χ1n) is 17.0. The van der Waals surface area contributed by atoms with E-state index in [1.807, 2.05) is 48.5 Å². The van der Waals surface area contributed by atoms with Crippen LogP contribution < -0.4 is 0 Å². The van der Waals surface area contributed by atoms with Gasteiger partial charge in [-0.2, -0.15) is 0 Å². The first-order chi connectivity index (χ1) is 23.4. The molecule has 0 aliphatic carbocycles. The van der Waals surface area contributed by atoms with Gasteiger partial charge in [0.1, 0.15) is 0 Å². The topological polar surface area (TPSA) is 26.3 Å². The Morgan fingerprint density at radius 2 is 0.735 bits per heavy atom. The molecule has 1 aliphatic rings. The van der Waals surface area contributed by atoms with E-state index in [4.69, 9.17) is 4.74 Å². The van der Waals surface area contributed by atoms with Crippen LogP contribution in [0.5, 0.6) is 0 Å². The number of fused-ring (bicyclic) bond motifs is 1. The van der Waals surface area contributed by atoms with Crippen molar-refractivity contribution < 1.29 is 9.53 Å². The first-order valence-corrected chi connectivity index (χ1v) is 17.0. The molecule has 0 amide bonds. The Labute approximate surface area is 293 Å². The maximum atomic E-state index is 12.5. The lowest BCUT2D eigenvalue weighted by molar-refractivity contribution is 0.0251. The van der Waals surface area contributed by atoms with Crippen LogP contribution in [0.4, 0.5) is 0 Å². The molecule has 2 nitrogen and oxygen atoms in total. The van der Waals surface area contributed by atoms with Gasteiger partial charge in [-0.25, -0.2) is 4.79 Å². The second kappa shape index (κ2) is 14.9. The van der Waals surface area contributed by atoms with Gasteiger partial charge in [-0.1, -0.05) is 187 Å². The van der Waals surface area contributed by atoms with Gasteiger partial charge in [-0.15, -0.1) is 0 Å². The van der Waals surface area contributed by atoms with Crippen LogP contribution in [0.2, 0.25) is 0 Å². The maximum absolute atomic E-state index is 12.5. The molecule has 0 atom stereocenters. The fraction of sp³-hybridized carbons (Fsp3) is 0.213. The largest absolute Gasteiger partial charge is 0.441 e. The maximum Gasteiger partial charge on any atom is 0.340 e. The van der Waals surface area contributed by atoms with Crippen molar-refractivity contribution in [1.29, 1.82) is 0 Å². The van der Waals surface area contributed by atoms with Gasteiger partial charge in [0.05, 0.1) is 5.56 Å². The van der Waals surface area contributed by atoms with E-state index in [-0.39, 0.29) is 11.4 Å². The molecule has 0 bridgehead atoms. The van der Waals surface area contributed by atoms with Gasteiger partial charge >= 0.3 is 5.97 Å². The third kappa shape index (κ3) is 7.92. The van der Waals surface area contributed by atoms with E-state index in [0.29, 0.717) is 5.56 Å². The van der Waals surface area contributed by atoms with E-state index in [1.165, 1.54) is 44.5 Å². The van der Waals surface area contributed by atoms with Crippen LogP contribution >= 0.6 is 0 Å². The fourth-order valence-electron chi connectivity index (χ4n) is 6.13. The summed E-state index contributed by atoms with van der Waals surface area (Å²) in [6, 6.07) is 50.2. The van der Waals surface area contributed by atoms with Gasteiger partial charge in [0.15, 0.2) is 5.60 Å². The molecule has 0 spiro atoms. The van der Waals surface area contributed by atoms with Crippen LogP contribution in [0.1, 0.15) is 85.4 Å². The molecule has 0 saturated heterocycles. The van der Waals surface area contributed by atoms with Crippen molar-refractivity contribution in [3.05, 3.63) is 212 Å². The molecule has 0 fully saturated rings. The summed E-state index contributed by atoms with van der Waals surface area (Å²) in [5.74, 6) is -0.272. The van der Waals surface area contributed by atoms with E-state index in [0.717, 1.165) is 16.7 Å². The number of ether oxygens (including phenoxy) is 1. The van der Waals surface area contributed by atoms with Crippen molar-refractivity contribution in [2.75, 3.05) is 0 Å². The van der Waals surface area contributed by atoms with Crippen LogP contribution in [-0.4, -0.2) is 5.97 Å². The van der Waals surface area contributed by atoms with Crippen molar-refractivity contribution in [3.63, 3.8) is 0 Å². The molecule has 1 heterocycles. The van der Waals surface area contributed by atoms with Crippen molar-refractivity contribution in [1.82, 2.24) is 0 Å². The Balaban J connectivity index is 0.000000162. The minimum Gasteiger partial charge on any atom is -0.441 e. The summed E-state index contributed by atoms with van der Waals surface area (Å²) in [6.45, 7) is 17.1. The zero-order valence-electron chi connectivity index (χ0n) is 30.2. The normalized spacial score (nSPS) is 12.9. The summed E-state index contributed by atoms with van der Waals surface area (Å²) in [7, 11) is 0. The van der Waals surface area contributed by atoms with Gasteiger partial charge in [-0.05, 0) is 58.7 Å². The average molecular weight is 645 g/mol. The molecule has 2 heteroatoms. The third-order valence-corrected chi connectivity index (χ3v) is 9.45. The molecular weight excluding hydrogens is 597 g/mol. The Bertz CT molecular complexity index is 1870. The number of cyclic esters (lactones) is 1. The van der Waals surface area contributed by atoms with Crippen LogP contribution in [0.15, 0.2) is 146 Å². The van der Waals surface area contributed by atoms with Gasteiger partial charge in [0, 0.05) is 22.1 Å². The molecule has 6 aromatic rings. The quantitative estimate of drug-likeness (QED) is 0.179. The standard InChI is InChI=1S/C22H18O2.C17H20.C8H10/c1-15-7-11-17(12-8-15)22(18-13-9-16(2)10-14-18)20-6-4-3-5-19(20)21(23)24-22;1-13-5-9-15(10-6-13)17(3,4)16-11-7-14(2)8-12-16;1-7-3-5-8(2)6-4-7/h3-14H,1-2H3;5-12H,1-4H3;3-6H,1-2H3. The third-order valence-electron chi connectivity index (χ3n) is 9.45. The number of esters is 1. The lowest BCUT2D eigenvalue weighted by Gasteiger charge is -2.30. The summed E-state index contributed by atoms with van der Waals surface area (Å²) in [6.07, 6.45) is 0. The first kappa shape index (κ1) is 35.1. The van der Waals surface area contributed by atoms with Crippen LogP contribution in [-0.2, 0) is 15.8 Å². The van der Waals surface area contributed by atoms with Crippen molar-refractivity contribution >= 4 is 5.97 Å². The van der Waals surface area contributed by atoms with E-state index < -0.39 is 5.60 Å². The van der Waals surface area contributed by atoms with Gasteiger partial charge < -0.3 is 4.74 Å². The number of hydrogen-bond donors (Lipinski definition) is 0. The number of hydrogen-bond acceptors (Lipinski definition) is 2. The summed E-state index contributed by atoms with van der Waals surface area (Å²) in [5, 5.41) is 0. The van der Waals surface area contributed by atoms with Gasteiger partial charge in [0.2, 0.25) is 0 Å². The predicted octanol–water partition coefficient (Wildman–Crippen LogP) is 11.7. The molecule has 49 heavy (non-hydrogen) atoms. The van der Waals surface area contributed by atoms with E-state index in [2.05, 4.69) is 152 Å². The monoisotopic (exact) mass is 644 g/mol. The number of benzene rings is 6. The van der Waals surface area contributed by atoms with Crippen molar-refractivity contribution in [2.24, 2.45) is 0 Å². The molecule has 248 valence electrons. The van der Waals surface area contributed by atoms with Crippen LogP contribution in [0.3, 0.4) is 0 Å². The molecule has 7 rings (SSSR count). The number of aryl methyl sites for hydroxylation is 6. The summed E-state index contributed by atoms with van der Waals surface area (Å²) < 4.78 is 6.03. The number of carbonyl (C=O) groups excluding carboxylic acids is 1. The average Bonchev–Trinajstić information content (AvgIpc) is 3.40. The number of rotatable bonds is 4. The Morgan fingerprint density at radius 3 is 1.10 bits per heavy atom. The lowest BCUT2D eigenvalue weighted by atomic mass is 9.78. The molecule has 0 N–H and O–H groups in total. The second-order valence-electron chi connectivity index (χ2n) is 13.9. The molecule has 0 aromatic heterocycles. The lowest BCUT2D eigenvalue weighted by Crippen LogP contribution is -2.29. The molecular formula is C47H48O2. The smallest absolute Gasteiger partial charge is 0.340 e. The highest BCUT2D eigenvalue weighted by atomic mass is 16.6.